The lowest BCUT2D eigenvalue weighted by Gasteiger charge is -2.02. The maximum atomic E-state index is 13.4. The van der Waals surface area contributed by atoms with Gasteiger partial charge in [-0.15, -0.1) is 11.3 Å². The Morgan fingerprint density at radius 3 is 3.00 bits per heavy atom. The summed E-state index contributed by atoms with van der Waals surface area (Å²) in [5.41, 5.74) is 5.51. The number of halogens is 1. The van der Waals surface area contributed by atoms with Crippen LogP contribution in [-0.2, 0) is 0 Å². The molecule has 14 heavy (non-hydrogen) atoms. The second-order valence-corrected chi connectivity index (χ2v) is 3.90. The van der Waals surface area contributed by atoms with Crippen molar-refractivity contribution in [3.8, 4) is 5.75 Å². The highest BCUT2D eigenvalue weighted by molar-refractivity contribution is 7.23. The minimum atomic E-state index is -0.341. The monoisotopic (exact) mass is 211 g/mol. The van der Waals surface area contributed by atoms with Gasteiger partial charge in [0, 0.05) is 5.39 Å². The molecule has 1 heterocycles. The molecule has 0 fully saturated rings. The third-order valence-corrected chi connectivity index (χ3v) is 2.97. The fraction of sp³-hybridized carbons (Fsp3) is 0.200. The average Bonchev–Trinajstić information content (AvgIpc) is 2.46. The van der Waals surface area contributed by atoms with Gasteiger partial charge in [0.15, 0.2) is 5.82 Å². The van der Waals surface area contributed by atoms with E-state index in [1.807, 2.05) is 13.0 Å². The zero-order chi connectivity index (χ0) is 10.1. The first-order valence-corrected chi connectivity index (χ1v) is 5.15. The lowest BCUT2D eigenvalue weighted by Crippen LogP contribution is -1.90. The van der Waals surface area contributed by atoms with Crippen molar-refractivity contribution >= 4 is 26.4 Å². The summed E-state index contributed by atoms with van der Waals surface area (Å²) in [6, 6.07) is 5.30. The molecule has 2 rings (SSSR count). The van der Waals surface area contributed by atoms with Crippen LogP contribution in [-0.4, -0.2) is 6.61 Å². The van der Waals surface area contributed by atoms with Crippen molar-refractivity contribution in [2.75, 3.05) is 12.3 Å². The van der Waals surface area contributed by atoms with Crippen LogP contribution < -0.4 is 10.5 Å². The Morgan fingerprint density at radius 1 is 1.50 bits per heavy atom. The highest BCUT2D eigenvalue weighted by Gasteiger charge is 2.12. The molecule has 2 aromatic rings. The Hall–Kier alpha value is -1.29. The number of hydrogen-bond acceptors (Lipinski definition) is 3. The molecule has 74 valence electrons. The van der Waals surface area contributed by atoms with Gasteiger partial charge in [0.05, 0.1) is 11.3 Å². The predicted octanol–water partition coefficient (Wildman–Crippen LogP) is 3.02. The molecule has 0 aliphatic heterocycles. The highest BCUT2D eigenvalue weighted by Crippen LogP contribution is 2.37. The summed E-state index contributed by atoms with van der Waals surface area (Å²) < 4.78 is 19.6. The normalized spacial score (nSPS) is 10.7. The highest BCUT2D eigenvalue weighted by atomic mass is 32.1. The Bertz CT molecular complexity index is 466. The molecular formula is C10H10FNOS. The fourth-order valence-corrected chi connectivity index (χ4v) is 2.27. The van der Waals surface area contributed by atoms with Crippen LogP contribution in [0.5, 0.6) is 5.75 Å². The molecule has 0 saturated heterocycles. The molecule has 1 aromatic carbocycles. The number of rotatable bonds is 2. The molecule has 2 nitrogen and oxygen atoms in total. The van der Waals surface area contributed by atoms with Gasteiger partial charge < -0.3 is 10.5 Å². The SMILES string of the molecule is CCOc1cccc2c(F)c(N)sc12. The van der Waals surface area contributed by atoms with E-state index in [0.29, 0.717) is 17.7 Å². The maximum Gasteiger partial charge on any atom is 0.165 e. The molecule has 2 N–H and O–H groups in total. The quantitative estimate of drug-likeness (QED) is 0.828. The van der Waals surface area contributed by atoms with Crippen LogP contribution in [0.2, 0.25) is 0 Å². The van der Waals surface area contributed by atoms with Gasteiger partial charge in [0.25, 0.3) is 0 Å². The molecule has 0 atom stereocenters. The third-order valence-electron chi connectivity index (χ3n) is 1.94. The second kappa shape index (κ2) is 3.46. The number of nitrogen functional groups attached to an aromatic ring is 1. The van der Waals surface area contributed by atoms with Crippen molar-refractivity contribution in [3.05, 3.63) is 24.0 Å². The lowest BCUT2D eigenvalue weighted by atomic mass is 10.2. The van der Waals surface area contributed by atoms with Gasteiger partial charge in [0.2, 0.25) is 0 Å². The van der Waals surface area contributed by atoms with E-state index in [2.05, 4.69) is 0 Å². The van der Waals surface area contributed by atoms with Gasteiger partial charge in [-0.2, -0.15) is 0 Å². The molecule has 0 aliphatic rings. The Labute approximate surface area is 85.1 Å². The van der Waals surface area contributed by atoms with Gasteiger partial charge in [-0.25, -0.2) is 4.39 Å². The Balaban J connectivity index is 2.68. The van der Waals surface area contributed by atoms with Crippen molar-refractivity contribution in [2.24, 2.45) is 0 Å². The van der Waals surface area contributed by atoms with Crippen LogP contribution in [0, 0.1) is 5.82 Å². The van der Waals surface area contributed by atoms with Crippen LogP contribution in [0.15, 0.2) is 18.2 Å². The first-order chi connectivity index (χ1) is 6.74. The maximum absolute atomic E-state index is 13.4. The number of ether oxygens (including phenoxy) is 1. The number of hydrogen-bond donors (Lipinski definition) is 1. The number of fused-ring (bicyclic) bond motifs is 1. The van der Waals surface area contributed by atoms with Crippen LogP contribution in [0.4, 0.5) is 9.39 Å². The second-order valence-electron chi connectivity index (χ2n) is 2.85. The zero-order valence-corrected chi connectivity index (χ0v) is 8.53. The third kappa shape index (κ3) is 1.32. The minimum absolute atomic E-state index is 0.215. The molecule has 0 aliphatic carbocycles. The molecule has 0 radical (unpaired) electrons. The van der Waals surface area contributed by atoms with E-state index < -0.39 is 0 Å². The van der Waals surface area contributed by atoms with E-state index in [1.165, 1.54) is 11.3 Å². The van der Waals surface area contributed by atoms with Crippen molar-refractivity contribution < 1.29 is 9.13 Å². The standard InChI is InChI=1S/C10H10FNOS/c1-2-13-7-5-3-4-6-8(11)10(12)14-9(6)7/h3-5H,2,12H2,1H3. The number of benzene rings is 1. The first kappa shape index (κ1) is 9.27. The van der Waals surface area contributed by atoms with Crippen LogP contribution in [0.25, 0.3) is 10.1 Å². The van der Waals surface area contributed by atoms with Crippen molar-refractivity contribution in [1.29, 1.82) is 0 Å². The van der Waals surface area contributed by atoms with Crippen LogP contribution >= 0.6 is 11.3 Å². The molecule has 0 amide bonds. The summed E-state index contributed by atoms with van der Waals surface area (Å²) in [5.74, 6) is 0.358. The topological polar surface area (TPSA) is 35.2 Å². The Morgan fingerprint density at radius 2 is 2.29 bits per heavy atom. The van der Waals surface area contributed by atoms with Crippen molar-refractivity contribution in [1.82, 2.24) is 0 Å². The summed E-state index contributed by atoms with van der Waals surface area (Å²) in [7, 11) is 0. The number of nitrogens with two attached hydrogens (primary N) is 1. The molecule has 1 aromatic heterocycles. The average molecular weight is 211 g/mol. The lowest BCUT2D eigenvalue weighted by molar-refractivity contribution is 0.345. The van der Waals surface area contributed by atoms with E-state index in [9.17, 15) is 4.39 Å². The summed E-state index contributed by atoms with van der Waals surface area (Å²) in [5, 5.41) is 0.755. The summed E-state index contributed by atoms with van der Waals surface area (Å²) in [4.78, 5) is 0. The van der Waals surface area contributed by atoms with Crippen LogP contribution in [0.3, 0.4) is 0 Å². The number of anilines is 1. The van der Waals surface area contributed by atoms with Gasteiger partial charge in [-0.05, 0) is 13.0 Å². The van der Waals surface area contributed by atoms with Gasteiger partial charge in [-0.1, -0.05) is 12.1 Å². The zero-order valence-electron chi connectivity index (χ0n) is 7.71. The molecule has 0 spiro atoms. The van der Waals surface area contributed by atoms with Crippen molar-refractivity contribution in [2.45, 2.75) is 6.92 Å². The van der Waals surface area contributed by atoms with Crippen LogP contribution in [0.1, 0.15) is 6.92 Å². The van der Waals surface area contributed by atoms with E-state index in [-0.39, 0.29) is 10.8 Å². The fourth-order valence-electron chi connectivity index (χ4n) is 1.35. The summed E-state index contributed by atoms with van der Waals surface area (Å²) in [6.07, 6.45) is 0. The summed E-state index contributed by atoms with van der Waals surface area (Å²) >= 11 is 1.22. The molecule has 0 unspecified atom stereocenters. The van der Waals surface area contributed by atoms with Gasteiger partial charge in [0.1, 0.15) is 10.8 Å². The number of thiophene rings is 1. The van der Waals surface area contributed by atoms with E-state index in [4.69, 9.17) is 10.5 Å². The van der Waals surface area contributed by atoms with E-state index in [0.717, 1.165) is 4.70 Å². The molecule has 4 heteroatoms. The molecule has 0 bridgehead atoms. The Kier molecular flexibility index (Phi) is 2.29. The summed E-state index contributed by atoms with van der Waals surface area (Å²) in [6.45, 7) is 2.46. The van der Waals surface area contributed by atoms with Crippen molar-refractivity contribution in [3.63, 3.8) is 0 Å². The predicted molar refractivity (Wildman–Crippen MR) is 57.4 cm³/mol. The first-order valence-electron chi connectivity index (χ1n) is 4.33. The minimum Gasteiger partial charge on any atom is -0.492 e. The van der Waals surface area contributed by atoms with Gasteiger partial charge >= 0.3 is 0 Å². The van der Waals surface area contributed by atoms with E-state index in [1.54, 1.807) is 12.1 Å². The largest absolute Gasteiger partial charge is 0.492 e. The van der Waals surface area contributed by atoms with E-state index >= 15 is 0 Å². The molecular weight excluding hydrogens is 201 g/mol. The smallest absolute Gasteiger partial charge is 0.165 e. The van der Waals surface area contributed by atoms with Gasteiger partial charge in [-0.3, -0.25) is 0 Å². The molecule has 0 saturated carbocycles.